The van der Waals surface area contributed by atoms with Crippen molar-refractivity contribution in [3.05, 3.63) is 127 Å². The highest BCUT2D eigenvalue weighted by atomic mass is 32.2. The van der Waals surface area contributed by atoms with Crippen LogP contribution < -0.4 is 29.5 Å². The Morgan fingerprint density at radius 1 is 0.689 bits per heavy atom. The van der Waals surface area contributed by atoms with Crippen LogP contribution in [0, 0.1) is 0 Å². The van der Waals surface area contributed by atoms with Crippen LogP contribution in [0.5, 0.6) is 5.75 Å². The average Bonchev–Trinajstić information content (AvgIpc) is 3.06. The summed E-state index contributed by atoms with van der Waals surface area (Å²) >= 11 is 1.67. The fourth-order valence-corrected chi connectivity index (χ4v) is 9.39. The molecule has 0 radical (unpaired) electrons. The van der Waals surface area contributed by atoms with E-state index in [1.165, 1.54) is 10.4 Å². The molecule has 0 spiro atoms. The molecule has 0 aromatic heterocycles. The number of amides is 1. The van der Waals surface area contributed by atoms with Gasteiger partial charge < -0.3 is 19.0 Å². The molecular formula is C37H37N3O3SSi. The van der Waals surface area contributed by atoms with E-state index in [1.807, 2.05) is 88.9 Å². The van der Waals surface area contributed by atoms with Gasteiger partial charge in [0.15, 0.2) is 0 Å². The highest BCUT2D eigenvalue weighted by Gasteiger charge is 2.36. The van der Waals surface area contributed by atoms with E-state index >= 15 is 0 Å². The minimum Gasteiger partial charge on any atom is -0.535 e. The number of carbonyl (C=O) groups excluding carboxylic acids is 1. The Balaban J connectivity index is 1.22. The van der Waals surface area contributed by atoms with Gasteiger partial charge in [-0.1, -0.05) is 84.6 Å². The summed E-state index contributed by atoms with van der Waals surface area (Å²) in [5.74, 6) is 0.788. The van der Waals surface area contributed by atoms with Gasteiger partial charge in [0, 0.05) is 49.4 Å². The lowest BCUT2D eigenvalue weighted by molar-refractivity contribution is 0.149. The van der Waals surface area contributed by atoms with Crippen LogP contribution in [0.4, 0.5) is 27.5 Å². The summed E-state index contributed by atoms with van der Waals surface area (Å²) in [5.41, 5.74) is 4.66. The highest BCUT2D eigenvalue weighted by molar-refractivity contribution is 7.99. The number of hydrogen-bond acceptors (Lipinski definition) is 6. The van der Waals surface area contributed by atoms with Crippen molar-refractivity contribution in [2.45, 2.75) is 22.9 Å². The second-order valence-electron chi connectivity index (χ2n) is 11.6. The third-order valence-electron chi connectivity index (χ3n) is 8.06. The Morgan fingerprint density at radius 2 is 1.18 bits per heavy atom. The molecule has 0 bridgehead atoms. The molecule has 45 heavy (non-hydrogen) atoms. The summed E-state index contributed by atoms with van der Waals surface area (Å²) < 4.78 is 12.7. The number of hydrogen-bond donors (Lipinski definition) is 0. The predicted molar refractivity (Wildman–Crippen MR) is 189 cm³/mol. The van der Waals surface area contributed by atoms with Gasteiger partial charge in [0.2, 0.25) is 0 Å². The third-order valence-corrected chi connectivity index (χ3v) is 12.7. The maximum absolute atomic E-state index is 13.8. The predicted octanol–water partition coefficient (Wildman–Crippen LogP) is 7.53. The van der Waals surface area contributed by atoms with Crippen LogP contribution in [0.2, 0.25) is 6.55 Å². The molecule has 1 heterocycles. The van der Waals surface area contributed by atoms with Gasteiger partial charge in [-0.3, -0.25) is 0 Å². The molecule has 5 aromatic carbocycles. The molecule has 0 atom stereocenters. The monoisotopic (exact) mass is 631 g/mol. The number of rotatable bonds is 8. The second-order valence-corrected chi connectivity index (χ2v) is 16.1. The lowest BCUT2D eigenvalue weighted by Crippen LogP contribution is -2.60. The molecule has 6 nitrogen and oxygen atoms in total. The third kappa shape index (κ3) is 6.29. The molecule has 0 aliphatic carbocycles. The Kier molecular flexibility index (Phi) is 8.60. The zero-order valence-electron chi connectivity index (χ0n) is 26.2. The van der Waals surface area contributed by atoms with Crippen molar-refractivity contribution in [2.75, 3.05) is 42.9 Å². The van der Waals surface area contributed by atoms with Gasteiger partial charge in [-0.2, -0.15) is 0 Å². The fraction of sp³-hybridized carbons (Fsp3) is 0.162. The van der Waals surface area contributed by atoms with Gasteiger partial charge in [-0.05, 0) is 71.0 Å². The van der Waals surface area contributed by atoms with Crippen LogP contribution >= 0.6 is 11.8 Å². The molecule has 1 amide bonds. The maximum Gasteiger partial charge on any atom is 0.419 e. The summed E-state index contributed by atoms with van der Waals surface area (Å²) in [6, 6.07) is 41.0. The summed E-state index contributed by atoms with van der Waals surface area (Å²) in [6.07, 6.45) is -0.415. The lowest BCUT2D eigenvalue weighted by atomic mass is 10.2. The number of carbonyl (C=O) groups is 1. The largest absolute Gasteiger partial charge is 0.535 e. The van der Waals surface area contributed by atoms with Gasteiger partial charge in [0.05, 0.1) is 11.4 Å². The Morgan fingerprint density at radius 3 is 1.64 bits per heavy atom. The van der Waals surface area contributed by atoms with E-state index in [4.69, 9.17) is 9.16 Å². The standard InChI is InChI=1S/C37H37N3O3SSi/c1-38(2)28-18-22-33-35(24-28)44-36-25-29(39(3)4)19-23-34(36)40(33)37(41)42-26-27-16-20-30(21-17-27)43-45(5,31-12-8-6-9-13-31)32-14-10-7-11-15-32/h6-25H,26H2,1-5H3. The van der Waals surface area contributed by atoms with E-state index in [-0.39, 0.29) is 6.61 Å². The number of anilines is 4. The summed E-state index contributed by atoms with van der Waals surface area (Å²) in [7, 11) is 5.55. The molecule has 5 aromatic rings. The van der Waals surface area contributed by atoms with E-state index in [0.717, 1.165) is 43.9 Å². The van der Waals surface area contributed by atoms with Gasteiger partial charge in [-0.15, -0.1) is 0 Å². The van der Waals surface area contributed by atoms with Crippen molar-refractivity contribution < 1.29 is 14.0 Å². The molecule has 1 aliphatic heterocycles. The smallest absolute Gasteiger partial charge is 0.419 e. The first-order chi connectivity index (χ1) is 21.7. The molecular weight excluding hydrogens is 595 g/mol. The normalized spacial score (nSPS) is 12.2. The molecule has 6 rings (SSSR count). The molecule has 0 saturated heterocycles. The van der Waals surface area contributed by atoms with Crippen LogP contribution in [0.1, 0.15) is 5.56 Å². The minimum absolute atomic E-state index is 0.144. The fourth-order valence-electron chi connectivity index (χ4n) is 5.44. The van der Waals surface area contributed by atoms with Gasteiger partial charge in [-0.25, -0.2) is 9.69 Å². The van der Waals surface area contributed by atoms with Crippen LogP contribution in [-0.2, 0) is 11.3 Å². The maximum atomic E-state index is 13.8. The summed E-state index contributed by atoms with van der Waals surface area (Å²) in [6.45, 7) is 2.37. The van der Waals surface area contributed by atoms with Gasteiger partial charge >= 0.3 is 14.4 Å². The zero-order valence-corrected chi connectivity index (χ0v) is 28.0. The van der Waals surface area contributed by atoms with Crippen molar-refractivity contribution in [1.29, 1.82) is 0 Å². The molecule has 1 aliphatic rings. The first kappa shape index (κ1) is 30.4. The summed E-state index contributed by atoms with van der Waals surface area (Å²) in [4.78, 5) is 21.6. The summed E-state index contributed by atoms with van der Waals surface area (Å²) in [5, 5.41) is 2.40. The van der Waals surface area contributed by atoms with Crippen molar-refractivity contribution >= 4 is 59.3 Å². The second kappa shape index (κ2) is 12.8. The van der Waals surface area contributed by atoms with E-state index in [9.17, 15) is 4.79 Å². The Hall–Kier alpha value is -4.66. The van der Waals surface area contributed by atoms with Crippen LogP contribution in [0.25, 0.3) is 0 Å². The molecule has 0 saturated carbocycles. The quantitative estimate of drug-likeness (QED) is 0.165. The number of ether oxygens (including phenoxy) is 1. The van der Waals surface area contributed by atoms with Crippen molar-refractivity contribution in [1.82, 2.24) is 0 Å². The molecule has 0 fully saturated rings. The van der Waals surface area contributed by atoms with Crippen molar-refractivity contribution in [3.8, 4) is 5.75 Å². The molecule has 0 unspecified atom stereocenters. The van der Waals surface area contributed by atoms with Crippen molar-refractivity contribution in [3.63, 3.8) is 0 Å². The first-order valence-electron chi connectivity index (χ1n) is 14.9. The van der Waals surface area contributed by atoms with E-state index in [0.29, 0.717) is 0 Å². The van der Waals surface area contributed by atoms with E-state index < -0.39 is 14.4 Å². The number of nitrogens with zero attached hydrogens (tertiary/aromatic N) is 3. The first-order valence-corrected chi connectivity index (χ1v) is 18.1. The van der Waals surface area contributed by atoms with E-state index in [1.54, 1.807) is 16.7 Å². The molecule has 8 heteroatoms. The average molecular weight is 632 g/mol. The van der Waals surface area contributed by atoms with E-state index in [2.05, 4.69) is 77.0 Å². The molecule has 0 N–H and O–H groups in total. The zero-order chi connectivity index (χ0) is 31.6. The number of benzene rings is 5. The highest BCUT2D eigenvalue weighted by Crippen LogP contribution is 2.50. The van der Waals surface area contributed by atoms with Gasteiger partial charge in [0.25, 0.3) is 0 Å². The Labute approximate surface area is 271 Å². The lowest BCUT2D eigenvalue weighted by Gasteiger charge is -2.32. The topological polar surface area (TPSA) is 45.2 Å². The van der Waals surface area contributed by atoms with Crippen LogP contribution in [0.15, 0.2) is 131 Å². The SMILES string of the molecule is CN(C)c1ccc2c(c1)Sc1cc(N(C)C)ccc1N2C(=O)OCc1ccc(O[Si](C)(c2ccccc2)c2ccccc2)cc1. The minimum atomic E-state index is -2.51. The van der Waals surface area contributed by atoms with Gasteiger partial charge in [0.1, 0.15) is 12.4 Å². The van der Waals surface area contributed by atoms with Crippen LogP contribution in [-0.4, -0.2) is 42.6 Å². The van der Waals surface area contributed by atoms with Crippen molar-refractivity contribution in [2.24, 2.45) is 0 Å². The Bertz CT molecular complexity index is 1700. The van der Waals surface area contributed by atoms with Crippen LogP contribution in [0.3, 0.4) is 0 Å². The number of fused-ring (bicyclic) bond motifs is 2. The molecule has 228 valence electrons.